The largest absolute Gasteiger partial charge is 0.477 e. The number of fused-ring (bicyclic) bond motifs is 1. The molecule has 0 atom stereocenters. The monoisotopic (exact) mass is 392 g/mol. The van der Waals surface area contributed by atoms with Gasteiger partial charge in [0.2, 0.25) is 0 Å². The number of pyridine rings is 1. The van der Waals surface area contributed by atoms with Gasteiger partial charge >= 0.3 is 5.69 Å². The maximum Gasteiger partial charge on any atom is 0.310 e. The van der Waals surface area contributed by atoms with Crippen LogP contribution >= 0.6 is 0 Å². The molecule has 29 heavy (non-hydrogen) atoms. The molecule has 0 fully saturated rings. The van der Waals surface area contributed by atoms with Crippen LogP contribution in [0.1, 0.15) is 5.69 Å². The van der Waals surface area contributed by atoms with E-state index in [2.05, 4.69) is 15.4 Å². The summed E-state index contributed by atoms with van der Waals surface area (Å²) in [6.45, 7) is 0.0900. The first-order valence-corrected chi connectivity index (χ1v) is 8.69. The molecule has 10 heteroatoms. The first kappa shape index (κ1) is 18.2. The van der Waals surface area contributed by atoms with Crippen molar-refractivity contribution in [2.45, 2.75) is 6.54 Å². The number of benzene rings is 1. The quantitative estimate of drug-likeness (QED) is 0.381. The van der Waals surface area contributed by atoms with Gasteiger partial charge in [-0.05, 0) is 18.2 Å². The van der Waals surface area contributed by atoms with E-state index in [1.807, 2.05) is 35.0 Å². The van der Waals surface area contributed by atoms with Crippen LogP contribution in [0.3, 0.4) is 0 Å². The van der Waals surface area contributed by atoms with Crippen LogP contribution in [0.15, 0.2) is 67.3 Å². The number of hydrogen-bond acceptors (Lipinski definition) is 6. The number of anilines is 1. The lowest BCUT2D eigenvalue weighted by molar-refractivity contribution is -0.385. The standard InChI is InChI=1S/C19H16N6O4/c26-19(13-29-17-6-2-1-5-16(17)25(27)28)22-14-9-20-24(11-14)12-15-10-23-8-4-3-7-18(23)21-15/h1-11H,12-13H2,(H,22,26). The fourth-order valence-corrected chi connectivity index (χ4v) is 2.81. The van der Waals surface area contributed by atoms with Gasteiger partial charge in [0.05, 0.1) is 29.0 Å². The number of nitro groups is 1. The van der Waals surface area contributed by atoms with Crippen LogP contribution in [0.5, 0.6) is 5.75 Å². The molecule has 3 heterocycles. The predicted octanol–water partition coefficient (Wildman–Crippen LogP) is 2.50. The van der Waals surface area contributed by atoms with Crippen molar-refractivity contribution < 1.29 is 14.5 Å². The summed E-state index contributed by atoms with van der Waals surface area (Å²) in [4.78, 5) is 27.0. The predicted molar refractivity (Wildman–Crippen MR) is 104 cm³/mol. The Kier molecular flexibility index (Phi) is 4.89. The molecule has 0 aliphatic heterocycles. The fraction of sp³-hybridized carbons (Fsp3) is 0.105. The van der Waals surface area contributed by atoms with Crippen molar-refractivity contribution in [3.8, 4) is 5.75 Å². The molecule has 0 aliphatic rings. The number of rotatable bonds is 7. The summed E-state index contributed by atoms with van der Waals surface area (Å²) in [6, 6.07) is 11.6. The van der Waals surface area contributed by atoms with Crippen molar-refractivity contribution in [1.82, 2.24) is 19.2 Å². The molecular weight excluding hydrogens is 376 g/mol. The molecule has 0 radical (unpaired) electrons. The third-order valence-electron chi connectivity index (χ3n) is 4.08. The zero-order valence-electron chi connectivity index (χ0n) is 15.1. The highest BCUT2D eigenvalue weighted by atomic mass is 16.6. The number of hydrogen-bond donors (Lipinski definition) is 1. The summed E-state index contributed by atoms with van der Waals surface area (Å²) >= 11 is 0. The van der Waals surface area contributed by atoms with Gasteiger partial charge in [-0.25, -0.2) is 4.98 Å². The summed E-state index contributed by atoms with van der Waals surface area (Å²) in [5, 5.41) is 17.8. The van der Waals surface area contributed by atoms with Gasteiger partial charge in [-0.1, -0.05) is 18.2 Å². The Bertz CT molecular complexity index is 1150. The normalized spacial score (nSPS) is 10.8. The van der Waals surface area contributed by atoms with Crippen LogP contribution in [-0.4, -0.2) is 36.6 Å². The van der Waals surface area contributed by atoms with Gasteiger partial charge < -0.3 is 14.5 Å². The van der Waals surface area contributed by atoms with E-state index in [1.165, 1.54) is 24.4 Å². The van der Waals surface area contributed by atoms with E-state index in [4.69, 9.17) is 4.74 Å². The SMILES string of the molecule is O=C(COc1ccccc1[N+](=O)[O-])Nc1cnn(Cc2cn3ccccc3n2)c1. The van der Waals surface area contributed by atoms with Crippen molar-refractivity contribution in [2.24, 2.45) is 0 Å². The van der Waals surface area contributed by atoms with Crippen molar-refractivity contribution in [2.75, 3.05) is 11.9 Å². The third kappa shape index (κ3) is 4.21. The highest BCUT2D eigenvalue weighted by Gasteiger charge is 2.15. The minimum Gasteiger partial charge on any atom is -0.477 e. The van der Waals surface area contributed by atoms with E-state index < -0.39 is 10.8 Å². The molecule has 0 aliphatic carbocycles. The summed E-state index contributed by atoms with van der Waals surface area (Å²) in [7, 11) is 0. The highest BCUT2D eigenvalue weighted by Crippen LogP contribution is 2.25. The molecule has 4 aromatic rings. The van der Waals surface area contributed by atoms with Crippen molar-refractivity contribution in [3.05, 3.63) is 83.1 Å². The molecular formula is C19H16N6O4. The van der Waals surface area contributed by atoms with Crippen LogP contribution in [0.4, 0.5) is 11.4 Å². The van der Waals surface area contributed by atoms with Crippen LogP contribution in [0, 0.1) is 10.1 Å². The molecule has 3 aromatic heterocycles. The van der Waals surface area contributed by atoms with E-state index in [9.17, 15) is 14.9 Å². The smallest absolute Gasteiger partial charge is 0.310 e. The number of imidazole rings is 1. The molecule has 4 rings (SSSR count). The van der Waals surface area contributed by atoms with E-state index in [0.29, 0.717) is 12.2 Å². The number of carbonyl (C=O) groups excluding carboxylic acids is 1. The van der Waals surface area contributed by atoms with Crippen molar-refractivity contribution in [3.63, 3.8) is 0 Å². The first-order valence-electron chi connectivity index (χ1n) is 8.69. The zero-order valence-corrected chi connectivity index (χ0v) is 15.1. The molecule has 146 valence electrons. The molecule has 1 N–H and O–H groups in total. The van der Waals surface area contributed by atoms with Crippen LogP contribution in [-0.2, 0) is 11.3 Å². The minimum absolute atomic E-state index is 0.0372. The summed E-state index contributed by atoms with van der Waals surface area (Å²) in [5.74, 6) is -0.411. The average molecular weight is 392 g/mol. The van der Waals surface area contributed by atoms with Gasteiger partial charge in [-0.15, -0.1) is 0 Å². The highest BCUT2D eigenvalue weighted by molar-refractivity contribution is 5.91. The molecule has 0 saturated carbocycles. The van der Waals surface area contributed by atoms with Gasteiger partial charge in [-0.3, -0.25) is 19.6 Å². The number of aromatic nitrogens is 4. The van der Waals surface area contributed by atoms with E-state index >= 15 is 0 Å². The second-order valence-electron chi connectivity index (χ2n) is 6.19. The molecule has 1 aromatic carbocycles. The Morgan fingerprint density at radius 2 is 2.00 bits per heavy atom. The van der Waals surface area contributed by atoms with E-state index in [-0.39, 0.29) is 18.0 Å². The Hall–Kier alpha value is -4.21. The number of nitrogens with zero attached hydrogens (tertiary/aromatic N) is 5. The number of nitro benzene ring substituents is 1. The van der Waals surface area contributed by atoms with Gasteiger partial charge in [0.25, 0.3) is 5.91 Å². The average Bonchev–Trinajstić information content (AvgIpc) is 3.32. The van der Waals surface area contributed by atoms with Gasteiger partial charge in [0, 0.05) is 24.7 Å². The van der Waals surface area contributed by atoms with Crippen molar-refractivity contribution >= 4 is 22.9 Å². The van der Waals surface area contributed by atoms with Gasteiger partial charge in [-0.2, -0.15) is 5.10 Å². The summed E-state index contributed by atoms with van der Waals surface area (Å²) in [6.07, 6.45) is 7.01. The fourth-order valence-electron chi connectivity index (χ4n) is 2.81. The van der Waals surface area contributed by atoms with Crippen molar-refractivity contribution in [1.29, 1.82) is 0 Å². The number of para-hydroxylation sites is 2. The second kappa shape index (κ2) is 7.80. The Morgan fingerprint density at radius 1 is 1.17 bits per heavy atom. The van der Waals surface area contributed by atoms with E-state index in [1.54, 1.807) is 16.9 Å². The minimum atomic E-state index is -0.559. The van der Waals surface area contributed by atoms with Gasteiger partial charge in [0.1, 0.15) is 5.65 Å². The summed E-state index contributed by atoms with van der Waals surface area (Å²) in [5.41, 5.74) is 1.97. The molecule has 0 bridgehead atoms. The number of nitrogens with one attached hydrogen (secondary N) is 1. The molecule has 0 spiro atoms. The summed E-state index contributed by atoms with van der Waals surface area (Å²) < 4.78 is 8.85. The van der Waals surface area contributed by atoms with Gasteiger partial charge in [0.15, 0.2) is 12.4 Å². The van der Waals surface area contributed by atoms with Crippen LogP contribution in [0.25, 0.3) is 5.65 Å². The van der Waals surface area contributed by atoms with Crippen LogP contribution < -0.4 is 10.1 Å². The zero-order chi connectivity index (χ0) is 20.2. The Balaban J connectivity index is 1.35. The Labute approximate surface area is 164 Å². The lowest BCUT2D eigenvalue weighted by Crippen LogP contribution is -2.20. The number of amides is 1. The lowest BCUT2D eigenvalue weighted by atomic mass is 10.3. The lowest BCUT2D eigenvalue weighted by Gasteiger charge is -2.06. The topological polar surface area (TPSA) is 117 Å². The maximum atomic E-state index is 12.1. The second-order valence-corrected chi connectivity index (χ2v) is 6.19. The first-order chi connectivity index (χ1) is 14.1. The molecule has 1 amide bonds. The molecule has 0 saturated heterocycles. The number of ether oxygens (including phenoxy) is 1. The third-order valence-corrected chi connectivity index (χ3v) is 4.08. The Morgan fingerprint density at radius 3 is 2.83 bits per heavy atom. The number of carbonyl (C=O) groups is 1. The molecule has 0 unspecified atom stereocenters. The van der Waals surface area contributed by atoms with Crippen LogP contribution in [0.2, 0.25) is 0 Å². The van der Waals surface area contributed by atoms with E-state index in [0.717, 1.165) is 11.3 Å². The molecule has 10 nitrogen and oxygen atoms in total. The maximum absolute atomic E-state index is 12.1.